The molecule has 3 rings (SSSR count). The number of aliphatic hydroxyl groups is 3. The van der Waals surface area contributed by atoms with Gasteiger partial charge in [-0.1, -0.05) is 79.1 Å². The lowest BCUT2D eigenvalue weighted by Crippen LogP contribution is -2.57. The molecule has 0 aliphatic carbocycles. The van der Waals surface area contributed by atoms with Crippen molar-refractivity contribution < 1.29 is 67.8 Å². The van der Waals surface area contributed by atoms with Gasteiger partial charge in [-0.2, -0.15) is 0 Å². The number of amides is 6. The van der Waals surface area contributed by atoms with Gasteiger partial charge in [0.05, 0.1) is 35.3 Å². The number of benzene rings is 1. The van der Waals surface area contributed by atoms with Crippen molar-refractivity contribution in [1.29, 1.82) is 0 Å². The van der Waals surface area contributed by atoms with Crippen LogP contribution in [0.15, 0.2) is 60.2 Å². The molecule has 12 N–H and O–H groups in total. The summed E-state index contributed by atoms with van der Waals surface area (Å²) in [6.07, 6.45) is 6.73. The highest BCUT2D eigenvalue weighted by atomic mass is 79.9. The molecular formula is C54H85BrN8O14. The second-order valence-electron chi connectivity index (χ2n) is 20.5. The van der Waals surface area contributed by atoms with Gasteiger partial charge in [0.2, 0.25) is 29.5 Å². The number of rotatable bonds is 30. The van der Waals surface area contributed by atoms with E-state index in [4.69, 9.17) is 24.7 Å². The van der Waals surface area contributed by atoms with Crippen molar-refractivity contribution >= 4 is 63.2 Å². The predicted molar refractivity (Wildman–Crippen MR) is 292 cm³/mol. The van der Waals surface area contributed by atoms with Crippen LogP contribution < -0.4 is 43.0 Å². The van der Waals surface area contributed by atoms with Crippen molar-refractivity contribution in [2.45, 2.75) is 186 Å². The number of anilines is 1. The van der Waals surface area contributed by atoms with E-state index < -0.39 is 72.3 Å². The van der Waals surface area contributed by atoms with E-state index in [0.717, 1.165) is 5.57 Å². The number of alkyl halides is 1. The van der Waals surface area contributed by atoms with E-state index in [1.165, 1.54) is 26.0 Å². The minimum absolute atomic E-state index is 0.0159. The van der Waals surface area contributed by atoms with Crippen molar-refractivity contribution in [2.75, 3.05) is 30.3 Å². The average Bonchev–Trinajstić information content (AvgIpc) is 3.36. The second kappa shape index (κ2) is 33.9. The Morgan fingerprint density at radius 1 is 0.922 bits per heavy atom. The van der Waals surface area contributed by atoms with E-state index in [-0.39, 0.29) is 92.1 Å². The third kappa shape index (κ3) is 25.4. The van der Waals surface area contributed by atoms with Gasteiger partial charge in [-0.25, -0.2) is 4.79 Å². The number of aliphatic hydroxyl groups excluding tert-OH is 2. The Morgan fingerprint density at radius 2 is 1.64 bits per heavy atom. The first kappa shape index (κ1) is 66.0. The van der Waals surface area contributed by atoms with E-state index in [1.807, 2.05) is 19.9 Å². The molecule has 2 aliphatic heterocycles. The highest BCUT2D eigenvalue weighted by Crippen LogP contribution is 2.31. The van der Waals surface area contributed by atoms with Crippen LogP contribution in [0.4, 0.5) is 10.5 Å². The van der Waals surface area contributed by atoms with Gasteiger partial charge in [0, 0.05) is 44.6 Å². The fourth-order valence-electron chi connectivity index (χ4n) is 8.68. The SMILES string of the molecule is CC(=O)O[C@@H](C)/C=C\C(=O)N[C@@H]1C[C@H](C)[C@H](C/C=C(C)/C=C/[C@H]2O[C@H](CNC(=O)OCc3ccc(NC(=O)[C@H](CCCNC(N)O)NC(=O)[C@@H](NC(=O)CCCCCNC(=O)CBr)C(C)C)cc3)C[C@](C)(O)[C@@H]2O)O[C@@H]1C. The number of nitrogens with one attached hydrogen (secondary N) is 7. The lowest BCUT2D eigenvalue weighted by Gasteiger charge is -2.42. The van der Waals surface area contributed by atoms with Crippen molar-refractivity contribution in [3.63, 3.8) is 0 Å². The zero-order valence-corrected chi connectivity index (χ0v) is 47.4. The number of alkyl carbamates (subject to hydrolysis) is 1. The lowest BCUT2D eigenvalue weighted by atomic mass is 9.85. The zero-order chi connectivity index (χ0) is 57.2. The van der Waals surface area contributed by atoms with Gasteiger partial charge in [0.15, 0.2) is 6.35 Å². The summed E-state index contributed by atoms with van der Waals surface area (Å²) in [6.45, 7) is 14.6. The first-order valence-electron chi connectivity index (χ1n) is 26.5. The second-order valence-corrected chi connectivity index (χ2v) is 21.0. The highest BCUT2D eigenvalue weighted by molar-refractivity contribution is 9.09. The molecule has 0 saturated carbocycles. The Labute approximate surface area is 461 Å². The summed E-state index contributed by atoms with van der Waals surface area (Å²) in [4.78, 5) is 87.9. The third-order valence-electron chi connectivity index (χ3n) is 13.1. The van der Waals surface area contributed by atoms with Crippen molar-refractivity contribution in [3.05, 3.63) is 65.8 Å². The van der Waals surface area contributed by atoms with E-state index in [1.54, 1.807) is 57.2 Å². The molecule has 2 saturated heterocycles. The van der Waals surface area contributed by atoms with Gasteiger partial charge in [-0.3, -0.25) is 39.8 Å². The number of carbonyl (C=O) groups is 7. The standard InChI is InChI=1S/C54H85BrN8O14/c1-32(2)48(63-45(65)14-10-9-11-25-57-47(67)29-55)51(70)62-41(13-12-26-58-52(56)71)50(69)60-39-20-18-38(19-21-39)31-74-53(72)59-30-40-28-54(8,73)49(68)44(77-40)23-16-33(3)15-22-43-34(4)27-42(36(6)76-43)61-46(66)24-17-35(5)75-37(7)64/h15-21,23-24,32,34-36,40-44,48-49,52,58,68,71,73H,9-14,22,25-31,56H2,1-8H3,(H,57,67)(H,59,72)(H,60,69)(H,61,66)(H,62,70)(H,63,65)/b23-16+,24-17-,33-15+/t34-,35-,36+,40-,41-,42+,43-,44+,48-,49+,52?,54-/m0/s1. The summed E-state index contributed by atoms with van der Waals surface area (Å²) in [5, 5.41) is 51.2. The Morgan fingerprint density at radius 3 is 2.30 bits per heavy atom. The summed E-state index contributed by atoms with van der Waals surface area (Å²) < 4.78 is 22.9. The van der Waals surface area contributed by atoms with Crippen LogP contribution in [0.5, 0.6) is 0 Å². The van der Waals surface area contributed by atoms with Crippen LogP contribution in [0.25, 0.3) is 0 Å². The fraction of sp³-hybridized carbons (Fsp3) is 0.648. The van der Waals surface area contributed by atoms with Crippen LogP contribution >= 0.6 is 15.9 Å². The normalized spacial score (nSPS) is 24.3. The van der Waals surface area contributed by atoms with E-state index in [0.29, 0.717) is 56.3 Å². The Bertz CT molecular complexity index is 2160. The average molecular weight is 1150 g/mol. The molecule has 12 atom stereocenters. The van der Waals surface area contributed by atoms with E-state index >= 15 is 0 Å². The van der Waals surface area contributed by atoms with Gasteiger partial charge in [0.1, 0.15) is 37.0 Å². The largest absolute Gasteiger partial charge is 0.459 e. The minimum atomic E-state index is -1.52. The van der Waals surface area contributed by atoms with Gasteiger partial charge >= 0.3 is 12.1 Å². The number of nitrogens with two attached hydrogens (primary N) is 1. The van der Waals surface area contributed by atoms with E-state index in [9.17, 15) is 48.9 Å². The summed E-state index contributed by atoms with van der Waals surface area (Å²) in [5.74, 6) is -2.38. The quantitative estimate of drug-likeness (QED) is 0.0132. The maximum atomic E-state index is 13.6. The molecule has 0 radical (unpaired) electrons. The molecule has 23 heteroatoms. The highest BCUT2D eigenvalue weighted by Gasteiger charge is 2.44. The van der Waals surface area contributed by atoms with Crippen LogP contribution in [-0.2, 0) is 54.3 Å². The van der Waals surface area contributed by atoms with Gasteiger partial charge in [-0.05, 0) is 108 Å². The third-order valence-corrected chi connectivity index (χ3v) is 13.6. The molecule has 6 amide bonds. The number of unbranched alkanes of at least 4 members (excludes halogenated alkanes) is 2. The molecule has 1 aromatic carbocycles. The first-order chi connectivity index (χ1) is 36.4. The summed E-state index contributed by atoms with van der Waals surface area (Å²) >= 11 is 3.09. The molecule has 432 valence electrons. The number of ether oxygens (including phenoxy) is 4. The molecule has 2 heterocycles. The van der Waals surface area contributed by atoms with Gasteiger partial charge in [0.25, 0.3) is 0 Å². The van der Waals surface area contributed by atoms with Gasteiger partial charge in [-0.15, -0.1) is 0 Å². The number of hydrogen-bond donors (Lipinski definition) is 11. The van der Waals surface area contributed by atoms with E-state index in [2.05, 4.69) is 60.1 Å². The van der Waals surface area contributed by atoms with Crippen LogP contribution in [0.2, 0.25) is 0 Å². The molecule has 2 aliphatic rings. The molecule has 0 aromatic heterocycles. The number of carbonyl (C=O) groups excluding carboxylic acids is 7. The molecular weight excluding hydrogens is 1060 g/mol. The molecule has 0 spiro atoms. The summed E-state index contributed by atoms with van der Waals surface area (Å²) in [6, 6.07) is 4.40. The zero-order valence-electron chi connectivity index (χ0n) is 45.8. The van der Waals surface area contributed by atoms with Crippen LogP contribution in [0.1, 0.15) is 119 Å². The molecule has 2 fully saturated rings. The maximum absolute atomic E-state index is 13.6. The predicted octanol–water partition coefficient (Wildman–Crippen LogP) is 3.12. The monoisotopic (exact) mass is 1150 g/mol. The smallest absolute Gasteiger partial charge is 0.407 e. The van der Waals surface area contributed by atoms with Crippen LogP contribution in [0.3, 0.4) is 0 Å². The Balaban J connectivity index is 1.50. The molecule has 0 bridgehead atoms. The number of allylic oxidation sites excluding steroid dienone is 2. The molecule has 22 nitrogen and oxygen atoms in total. The number of halogens is 1. The molecule has 77 heavy (non-hydrogen) atoms. The van der Waals surface area contributed by atoms with Crippen LogP contribution in [-0.4, -0.2) is 149 Å². The Hall–Kier alpha value is -5.27. The van der Waals surface area contributed by atoms with Gasteiger partial charge < -0.3 is 66.2 Å². The summed E-state index contributed by atoms with van der Waals surface area (Å²) in [7, 11) is 0. The van der Waals surface area contributed by atoms with Crippen molar-refractivity contribution in [3.8, 4) is 0 Å². The number of esters is 1. The first-order valence-corrected chi connectivity index (χ1v) is 27.6. The molecule has 1 unspecified atom stereocenters. The maximum Gasteiger partial charge on any atom is 0.407 e. The number of hydrogen-bond acceptors (Lipinski definition) is 16. The van der Waals surface area contributed by atoms with Crippen molar-refractivity contribution in [1.82, 2.24) is 31.9 Å². The van der Waals surface area contributed by atoms with Crippen LogP contribution in [0, 0.1) is 11.8 Å². The Kier molecular flexibility index (Phi) is 29.1. The molecule has 1 aromatic rings. The summed E-state index contributed by atoms with van der Waals surface area (Å²) in [5.41, 5.74) is 5.75. The lowest BCUT2D eigenvalue weighted by molar-refractivity contribution is -0.193. The minimum Gasteiger partial charge on any atom is -0.459 e. The fourth-order valence-corrected chi connectivity index (χ4v) is 8.87. The topological polar surface area (TPSA) is 327 Å². The van der Waals surface area contributed by atoms with Crippen molar-refractivity contribution in [2.24, 2.45) is 17.6 Å².